The fourth-order valence-electron chi connectivity index (χ4n) is 0.962. The summed E-state index contributed by atoms with van der Waals surface area (Å²) in [5.41, 5.74) is 2.35. The van der Waals surface area contributed by atoms with Gasteiger partial charge in [-0.25, -0.2) is 0 Å². The summed E-state index contributed by atoms with van der Waals surface area (Å²) in [4.78, 5) is 0. The van der Waals surface area contributed by atoms with E-state index in [4.69, 9.17) is 5.02 Å². The molecule has 0 unspecified atom stereocenters. The highest BCUT2D eigenvalue weighted by Gasteiger charge is 1.92. The maximum Gasteiger partial charge on any atom is 0.300 e. The van der Waals surface area contributed by atoms with E-state index in [9.17, 15) is 0 Å². The minimum atomic E-state index is 0.186. The van der Waals surface area contributed by atoms with E-state index < -0.39 is 0 Å². The van der Waals surface area contributed by atoms with E-state index >= 15 is 0 Å². The molecule has 0 rings (SSSR count). The predicted octanol–water partition coefficient (Wildman–Crippen LogP) is 1.98. The first kappa shape index (κ1) is 10.5. The van der Waals surface area contributed by atoms with Crippen molar-refractivity contribution in [1.29, 1.82) is 0 Å². The molecular weight excluding hydrogens is 135 g/mol. The van der Waals surface area contributed by atoms with E-state index in [0.717, 1.165) is 18.3 Å². The number of hydrogen-bond acceptors (Lipinski definition) is 1. The van der Waals surface area contributed by atoms with Crippen LogP contribution in [-0.4, -0.2) is 12.5 Å². The summed E-state index contributed by atoms with van der Waals surface area (Å²) in [6.07, 6.45) is 6.21. The van der Waals surface area contributed by atoms with E-state index in [1.54, 1.807) is 0 Å². The first-order chi connectivity index (χ1) is 5.24. The van der Waals surface area contributed by atoms with Crippen molar-refractivity contribution in [3.05, 3.63) is 23.2 Å². The van der Waals surface area contributed by atoms with Gasteiger partial charge in [0.05, 0.1) is 0 Å². The molecule has 0 aliphatic carbocycles. The van der Waals surface area contributed by atoms with Crippen molar-refractivity contribution in [1.82, 2.24) is 0 Å². The number of rotatable bonds is 4. The summed E-state index contributed by atoms with van der Waals surface area (Å²) in [6.45, 7) is 6.23. The molecule has 1 nitrogen and oxygen atoms in total. The Morgan fingerprint density at radius 3 is 2.45 bits per heavy atom. The molecule has 0 bridgehead atoms. The molecule has 0 aliphatic heterocycles. The summed E-state index contributed by atoms with van der Waals surface area (Å²) in [7, 11) is 0.186. The van der Waals surface area contributed by atoms with Crippen molar-refractivity contribution < 1.29 is 5.02 Å². The minimum Gasteiger partial charge on any atom is -0.449 e. The van der Waals surface area contributed by atoms with Crippen LogP contribution in [0.5, 0.6) is 0 Å². The van der Waals surface area contributed by atoms with Crippen molar-refractivity contribution in [3.8, 4) is 0 Å². The highest BCUT2D eigenvalue weighted by Crippen LogP contribution is 2.04. The molecule has 0 aliphatic rings. The molecule has 0 fully saturated rings. The van der Waals surface area contributed by atoms with Gasteiger partial charge in [-0.3, -0.25) is 0 Å². The number of allylic oxidation sites excluding steroid dienone is 4. The third-order valence-electron chi connectivity index (χ3n) is 1.62. The van der Waals surface area contributed by atoms with E-state index in [1.807, 2.05) is 0 Å². The van der Waals surface area contributed by atoms with Gasteiger partial charge in [0, 0.05) is 0 Å². The molecule has 62 valence electrons. The number of hydrogen-bond donors (Lipinski definition) is 1. The Morgan fingerprint density at radius 1 is 1.45 bits per heavy atom. The van der Waals surface area contributed by atoms with Gasteiger partial charge in [-0.2, -0.15) is 0 Å². The summed E-state index contributed by atoms with van der Waals surface area (Å²) in [5, 5.41) is 8.85. The molecule has 0 saturated carbocycles. The molecule has 0 atom stereocenters. The Balaban J connectivity index is 4.14. The standard InChI is InChI=1S/C9H17BO/c1-4-6-8(3)7-9(5-2)10-11/h6-7,10-11H,4-5H2,1-3H3/b8-6-,9-7+. The highest BCUT2D eigenvalue weighted by atomic mass is 16.2. The van der Waals surface area contributed by atoms with Crippen LogP contribution < -0.4 is 0 Å². The first-order valence-corrected chi connectivity index (χ1v) is 4.21. The van der Waals surface area contributed by atoms with Gasteiger partial charge in [0.1, 0.15) is 0 Å². The lowest BCUT2D eigenvalue weighted by atomic mass is 9.84. The Morgan fingerprint density at radius 2 is 2.09 bits per heavy atom. The SMILES string of the molecule is CC/C=C(C)\C=C(\BO)CC. The van der Waals surface area contributed by atoms with Gasteiger partial charge in [0.25, 0.3) is 0 Å². The van der Waals surface area contributed by atoms with Crippen molar-refractivity contribution >= 4 is 7.48 Å². The third kappa shape index (κ3) is 4.85. The van der Waals surface area contributed by atoms with Crippen LogP contribution in [-0.2, 0) is 0 Å². The van der Waals surface area contributed by atoms with Crippen LogP contribution in [0.15, 0.2) is 23.2 Å². The Kier molecular flexibility index (Phi) is 5.95. The monoisotopic (exact) mass is 152 g/mol. The second-order valence-electron chi connectivity index (χ2n) is 2.67. The maximum absolute atomic E-state index is 8.85. The molecule has 0 aromatic rings. The van der Waals surface area contributed by atoms with Gasteiger partial charge in [-0.15, -0.1) is 0 Å². The lowest BCUT2D eigenvalue weighted by Gasteiger charge is -1.97. The topological polar surface area (TPSA) is 20.2 Å². The van der Waals surface area contributed by atoms with Gasteiger partial charge in [0.15, 0.2) is 0 Å². The van der Waals surface area contributed by atoms with Crippen LogP contribution in [0.1, 0.15) is 33.6 Å². The second-order valence-corrected chi connectivity index (χ2v) is 2.67. The molecule has 0 radical (unpaired) electrons. The van der Waals surface area contributed by atoms with Crippen LogP contribution in [0.2, 0.25) is 0 Å². The van der Waals surface area contributed by atoms with Crippen molar-refractivity contribution in [2.24, 2.45) is 0 Å². The Labute approximate surface area is 70.1 Å². The van der Waals surface area contributed by atoms with E-state index in [1.165, 1.54) is 5.57 Å². The summed E-state index contributed by atoms with van der Waals surface area (Å²) >= 11 is 0. The molecule has 11 heavy (non-hydrogen) atoms. The average Bonchev–Trinajstić information content (AvgIpc) is 2.01. The fraction of sp³-hybridized carbons (Fsp3) is 0.556. The molecule has 0 spiro atoms. The fourth-order valence-corrected chi connectivity index (χ4v) is 0.962. The van der Waals surface area contributed by atoms with Gasteiger partial charge in [-0.1, -0.05) is 37.0 Å². The largest absolute Gasteiger partial charge is 0.449 e. The average molecular weight is 152 g/mol. The van der Waals surface area contributed by atoms with Crippen molar-refractivity contribution in [2.45, 2.75) is 33.6 Å². The predicted molar refractivity (Wildman–Crippen MR) is 51.8 cm³/mol. The van der Waals surface area contributed by atoms with Crippen LogP contribution in [0, 0.1) is 0 Å². The summed E-state index contributed by atoms with van der Waals surface area (Å²) in [5.74, 6) is 0. The third-order valence-corrected chi connectivity index (χ3v) is 1.62. The van der Waals surface area contributed by atoms with Crippen molar-refractivity contribution in [2.75, 3.05) is 0 Å². The second kappa shape index (κ2) is 6.23. The normalized spacial score (nSPS) is 13.5. The summed E-state index contributed by atoms with van der Waals surface area (Å²) in [6, 6.07) is 0. The van der Waals surface area contributed by atoms with Gasteiger partial charge < -0.3 is 5.02 Å². The van der Waals surface area contributed by atoms with Gasteiger partial charge in [0.2, 0.25) is 0 Å². The zero-order valence-corrected chi connectivity index (χ0v) is 7.72. The Bertz CT molecular complexity index is 153. The van der Waals surface area contributed by atoms with Crippen molar-refractivity contribution in [3.63, 3.8) is 0 Å². The van der Waals surface area contributed by atoms with E-state index in [2.05, 4.69) is 32.9 Å². The van der Waals surface area contributed by atoms with Crippen LogP contribution >= 0.6 is 0 Å². The molecular formula is C9H17BO. The highest BCUT2D eigenvalue weighted by molar-refractivity contribution is 6.36. The van der Waals surface area contributed by atoms with Gasteiger partial charge >= 0.3 is 7.48 Å². The van der Waals surface area contributed by atoms with Crippen LogP contribution in [0.25, 0.3) is 0 Å². The maximum atomic E-state index is 8.85. The minimum absolute atomic E-state index is 0.186. The molecule has 0 amide bonds. The summed E-state index contributed by atoms with van der Waals surface area (Å²) < 4.78 is 0. The lowest BCUT2D eigenvalue weighted by Crippen LogP contribution is -1.93. The van der Waals surface area contributed by atoms with E-state index in [-0.39, 0.29) is 7.48 Å². The quantitative estimate of drug-likeness (QED) is 0.482. The van der Waals surface area contributed by atoms with Crippen LogP contribution in [0.3, 0.4) is 0 Å². The molecule has 2 heteroatoms. The molecule has 0 heterocycles. The molecule has 1 N–H and O–H groups in total. The molecule has 0 saturated heterocycles. The zero-order chi connectivity index (χ0) is 8.69. The molecule has 0 aromatic heterocycles. The van der Waals surface area contributed by atoms with Gasteiger partial charge in [-0.05, 0) is 19.8 Å². The zero-order valence-electron chi connectivity index (χ0n) is 7.72. The smallest absolute Gasteiger partial charge is 0.300 e. The lowest BCUT2D eigenvalue weighted by molar-refractivity contribution is 0.608. The van der Waals surface area contributed by atoms with Crippen LogP contribution in [0.4, 0.5) is 0 Å². The van der Waals surface area contributed by atoms with E-state index in [0.29, 0.717) is 0 Å². The Hall–Kier alpha value is -0.495. The first-order valence-electron chi connectivity index (χ1n) is 4.21. The molecule has 0 aromatic carbocycles.